The lowest BCUT2D eigenvalue weighted by Gasteiger charge is -2.34. The van der Waals surface area contributed by atoms with E-state index in [4.69, 9.17) is 0 Å². The first-order valence-electron chi connectivity index (χ1n) is 8.62. The highest BCUT2D eigenvalue weighted by atomic mass is 19.4. The molecule has 2 rings (SSSR count). The number of nitrogens with zero attached hydrogens (tertiary/aromatic N) is 2. The summed E-state index contributed by atoms with van der Waals surface area (Å²) in [6.07, 6.45) is -3.40. The molecule has 2 amide bonds. The molecule has 5 nitrogen and oxygen atoms in total. The Morgan fingerprint density at radius 3 is 2.54 bits per heavy atom. The van der Waals surface area contributed by atoms with Crippen molar-refractivity contribution in [3.8, 4) is 0 Å². The van der Waals surface area contributed by atoms with Crippen LogP contribution in [0.3, 0.4) is 0 Å². The summed E-state index contributed by atoms with van der Waals surface area (Å²) in [6.45, 7) is 7.88. The highest BCUT2D eigenvalue weighted by molar-refractivity contribution is 6.00. The van der Waals surface area contributed by atoms with Gasteiger partial charge in [-0.3, -0.25) is 9.59 Å². The molecule has 1 unspecified atom stereocenters. The molecule has 0 saturated carbocycles. The number of aryl methyl sites for hydroxylation is 1. The van der Waals surface area contributed by atoms with Crippen LogP contribution in [0.5, 0.6) is 0 Å². The second-order valence-electron chi connectivity index (χ2n) is 7.27. The zero-order valence-corrected chi connectivity index (χ0v) is 15.4. The van der Waals surface area contributed by atoms with Gasteiger partial charge in [-0.25, -0.2) is 4.98 Å². The van der Waals surface area contributed by atoms with Gasteiger partial charge < -0.3 is 10.2 Å². The number of likely N-dealkylation sites (tertiary alicyclic amines) is 1. The van der Waals surface area contributed by atoms with Gasteiger partial charge in [0.1, 0.15) is 11.2 Å². The van der Waals surface area contributed by atoms with E-state index in [-0.39, 0.29) is 23.1 Å². The van der Waals surface area contributed by atoms with Gasteiger partial charge >= 0.3 is 6.18 Å². The highest BCUT2D eigenvalue weighted by Crippen LogP contribution is 2.32. The molecule has 1 aliphatic heterocycles. The summed E-state index contributed by atoms with van der Waals surface area (Å²) in [4.78, 5) is 30.5. The van der Waals surface area contributed by atoms with Gasteiger partial charge in [0.15, 0.2) is 0 Å². The normalized spacial score (nSPS) is 20.5. The molecule has 0 radical (unpaired) electrons. The summed E-state index contributed by atoms with van der Waals surface area (Å²) >= 11 is 0. The Kier molecular flexibility index (Phi) is 5.63. The molecule has 1 fully saturated rings. The first-order chi connectivity index (χ1) is 12.0. The molecule has 1 atom stereocenters. The maximum Gasteiger partial charge on any atom is 0.433 e. The lowest BCUT2D eigenvalue weighted by molar-refractivity contribution is -0.141. The third-order valence-corrected chi connectivity index (χ3v) is 4.65. The monoisotopic (exact) mass is 371 g/mol. The van der Waals surface area contributed by atoms with E-state index in [1.54, 1.807) is 6.92 Å². The van der Waals surface area contributed by atoms with E-state index in [1.807, 2.05) is 13.8 Å². The molecule has 0 bridgehead atoms. The molecule has 1 N–H and O–H groups in total. The van der Waals surface area contributed by atoms with Crippen molar-refractivity contribution >= 4 is 11.8 Å². The first kappa shape index (κ1) is 20.2. The number of nitrogens with one attached hydrogen (secondary N) is 1. The summed E-state index contributed by atoms with van der Waals surface area (Å²) in [7, 11) is 0. The molecule has 0 aromatic carbocycles. The largest absolute Gasteiger partial charge is 0.433 e. The molecule has 8 heteroatoms. The van der Waals surface area contributed by atoms with Crippen LogP contribution in [0.15, 0.2) is 12.1 Å². The molecule has 1 saturated heterocycles. The van der Waals surface area contributed by atoms with Crippen LogP contribution in [0.2, 0.25) is 0 Å². The van der Waals surface area contributed by atoms with Gasteiger partial charge in [-0.05, 0) is 44.7 Å². The average molecular weight is 371 g/mol. The van der Waals surface area contributed by atoms with Crippen LogP contribution in [0, 0.1) is 12.8 Å². The predicted molar refractivity (Wildman–Crippen MR) is 90.5 cm³/mol. The van der Waals surface area contributed by atoms with E-state index in [0.717, 1.165) is 12.1 Å². The molecule has 1 aliphatic rings. The van der Waals surface area contributed by atoms with Crippen molar-refractivity contribution in [2.45, 2.75) is 52.3 Å². The minimum atomic E-state index is -4.56. The minimum Gasteiger partial charge on any atom is -0.354 e. The number of alkyl halides is 3. The molecule has 0 aliphatic carbocycles. The van der Waals surface area contributed by atoms with Crippen LogP contribution in [-0.4, -0.2) is 40.3 Å². The molecule has 0 spiro atoms. The Bertz CT molecular complexity index is 703. The van der Waals surface area contributed by atoms with E-state index >= 15 is 0 Å². The quantitative estimate of drug-likeness (QED) is 0.884. The number of aromatic nitrogens is 1. The van der Waals surface area contributed by atoms with Gasteiger partial charge in [-0.2, -0.15) is 13.2 Å². The van der Waals surface area contributed by atoms with Crippen LogP contribution in [0.25, 0.3) is 0 Å². The number of amides is 2. The SMILES string of the molecule is Cc1nc(C(F)(F)F)ccc1C(=O)N1CCCC1(C)C(=O)NCC(C)C. The summed E-state index contributed by atoms with van der Waals surface area (Å²) in [5.41, 5.74) is -1.96. The third-order valence-electron chi connectivity index (χ3n) is 4.65. The van der Waals surface area contributed by atoms with E-state index in [1.165, 1.54) is 11.8 Å². The molecule has 1 aromatic rings. The van der Waals surface area contributed by atoms with Crippen LogP contribution in [0.4, 0.5) is 13.2 Å². The van der Waals surface area contributed by atoms with Gasteiger partial charge in [0, 0.05) is 13.1 Å². The summed E-state index contributed by atoms with van der Waals surface area (Å²) in [6, 6.07) is 1.94. The summed E-state index contributed by atoms with van der Waals surface area (Å²) < 4.78 is 38.3. The minimum absolute atomic E-state index is 0.00154. The van der Waals surface area contributed by atoms with Crippen LogP contribution >= 0.6 is 0 Å². The fourth-order valence-corrected chi connectivity index (χ4v) is 3.10. The van der Waals surface area contributed by atoms with Crippen LogP contribution in [-0.2, 0) is 11.0 Å². The Balaban J connectivity index is 2.26. The number of rotatable bonds is 4. The predicted octanol–water partition coefficient (Wildman–Crippen LogP) is 3.18. The van der Waals surface area contributed by atoms with Crippen molar-refractivity contribution in [2.24, 2.45) is 5.92 Å². The Morgan fingerprint density at radius 2 is 2.00 bits per heavy atom. The summed E-state index contributed by atoms with van der Waals surface area (Å²) in [5, 5.41) is 2.85. The number of halogens is 3. The second kappa shape index (κ2) is 7.25. The van der Waals surface area contributed by atoms with Crippen molar-refractivity contribution in [2.75, 3.05) is 13.1 Å². The summed E-state index contributed by atoms with van der Waals surface area (Å²) in [5.74, 6) is -0.438. The average Bonchev–Trinajstić information content (AvgIpc) is 2.94. The van der Waals surface area contributed by atoms with Crippen molar-refractivity contribution in [1.82, 2.24) is 15.2 Å². The maximum atomic E-state index is 12.9. The van der Waals surface area contributed by atoms with Crippen molar-refractivity contribution in [3.05, 3.63) is 29.1 Å². The van der Waals surface area contributed by atoms with Crippen LogP contribution < -0.4 is 5.32 Å². The molecule has 144 valence electrons. The van der Waals surface area contributed by atoms with E-state index in [9.17, 15) is 22.8 Å². The molecule has 26 heavy (non-hydrogen) atoms. The van der Waals surface area contributed by atoms with Crippen molar-refractivity contribution in [3.63, 3.8) is 0 Å². The van der Waals surface area contributed by atoms with E-state index < -0.39 is 23.3 Å². The molecular formula is C18H24F3N3O2. The number of hydrogen-bond acceptors (Lipinski definition) is 3. The van der Waals surface area contributed by atoms with E-state index in [2.05, 4.69) is 10.3 Å². The third kappa shape index (κ3) is 3.99. The smallest absolute Gasteiger partial charge is 0.354 e. The van der Waals surface area contributed by atoms with Gasteiger partial charge in [-0.15, -0.1) is 0 Å². The Morgan fingerprint density at radius 1 is 1.35 bits per heavy atom. The Labute approximate surface area is 151 Å². The molecular weight excluding hydrogens is 347 g/mol. The van der Waals surface area contributed by atoms with Crippen molar-refractivity contribution in [1.29, 1.82) is 0 Å². The maximum absolute atomic E-state index is 12.9. The number of hydrogen-bond donors (Lipinski definition) is 1. The lowest BCUT2D eigenvalue weighted by Crippen LogP contribution is -2.56. The lowest BCUT2D eigenvalue weighted by atomic mass is 9.96. The zero-order chi connectivity index (χ0) is 19.7. The fourth-order valence-electron chi connectivity index (χ4n) is 3.10. The standard InChI is InChI=1S/C18H24F3N3O2/c1-11(2)10-22-16(26)17(4)8-5-9-24(17)15(25)13-6-7-14(18(19,20)21)23-12(13)3/h6-7,11H,5,8-10H2,1-4H3,(H,22,26). The van der Waals surface area contributed by atoms with E-state index in [0.29, 0.717) is 25.9 Å². The molecule has 2 heterocycles. The topological polar surface area (TPSA) is 62.3 Å². The first-order valence-corrected chi connectivity index (χ1v) is 8.62. The van der Waals surface area contributed by atoms with Gasteiger partial charge in [0.05, 0.1) is 11.3 Å². The van der Waals surface area contributed by atoms with Crippen molar-refractivity contribution < 1.29 is 22.8 Å². The zero-order valence-electron chi connectivity index (χ0n) is 15.4. The fraction of sp³-hybridized carbons (Fsp3) is 0.611. The second-order valence-corrected chi connectivity index (χ2v) is 7.27. The highest BCUT2D eigenvalue weighted by Gasteiger charge is 2.46. The molecule has 1 aromatic heterocycles. The number of pyridine rings is 1. The number of carbonyl (C=O) groups is 2. The van der Waals surface area contributed by atoms with Gasteiger partial charge in [0.2, 0.25) is 5.91 Å². The van der Waals surface area contributed by atoms with Crippen LogP contribution in [0.1, 0.15) is 55.4 Å². The Hall–Kier alpha value is -2.12. The van der Waals surface area contributed by atoms with Gasteiger partial charge in [-0.1, -0.05) is 13.8 Å². The number of carbonyl (C=O) groups excluding carboxylic acids is 2. The van der Waals surface area contributed by atoms with Gasteiger partial charge in [0.25, 0.3) is 5.91 Å².